The van der Waals surface area contributed by atoms with Crippen LogP contribution in [-0.2, 0) is 0 Å². The van der Waals surface area contributed by atoms with E-state index in [9.17, 15) is 4.79 Å². The van der Waals surface area contributed by atoms with Crippen molar-refractivity contribution in [2.45, 2.75) is 38.5 Å². The first kappa shape index (κ1) is 19.6. The van der Waals surface area contributed by atoms with Crippen molar-refractivity contribution in [3.05, 3.63) is 70.6 Å². The predicted molar refractivity (Wildman–Crippen MR) is 113 cm³/mol. The third-order valence-corrected chi connectivity index (χ3v) is 5.77. The van der Waals surface area contributed by atoms with Crippen LogP contribution in [0, 0.1) is 0 Å². The van der Waals surface area contributed by atoms with Gasteiger partial charge in [-0.3, -0.25) is 4.79 Å². The molecule has 6 heteroatoms. The third-order valence-electron chi connectivity index (χ3n) is 5.44. The second-order valence-electron chi connectivity index (χ2n) is 7.80. The van der Waals surface area contributed by atoms with Crippen LogP contribution in [0.25, 0.3) is 11.4 Å². The smallest absolute Gasteiger partial charge is 0.255 e. The minimum atomic E-state index is -0.0516. The molecule has 2 aromatic carbocycles. The van der Waals surface area contributed by atoms with Crippen LogP contribution in [0.2, 0.25) is 5.02 Å². The Kier molecular flexibility index (Phi) is 5.67. The molecule has 0 saturated carbocycles. The number of piperidine rings is 1. The van der Waals surface area contributed by atoms with Gasteiger partial charge in [0.25, 0.3) is 5.91 Å². The van der Waals surface area contributed by atoms with E-state index < -0.39 is 0 Å². The molecule has 3 aromatic rings. The van der Waals surface area contributed by atoms with Gasteiger partial charge in [-0.2, -0.15) is 4.98 Å². The highest BCUT2D eigenvalue weighted by molar-refractivity contribution is 6.33. The van der Waals surface area contributed by atoms with E-state index in [4.69, 9.17) is 16.1 Å². The number of rotatable bonds is 4. The summed E-state index contributed by atoms with van der Waals surface area (Å²) in [5.74, 6) is 1.64. The summed E-state index contributed by atoms with van der Waals surface area (Å²) in [6.45, 7) is 5.59. The molecule has 0 spiro atoms. The number of carbonyl (C=O) groups is 1. The van der Waals surface area contributed by atoms with Gasteiger partial charge < -0.3 is 9.42 Å². The summed E-state index contributed by atoms with van der Waals surface area (Å²) < 4.78 is 5.57. The summed E-state index contributed by atoms with van der Waals surface area (Å²) in [4.78, 5) is 19.3. The Balaban J connectivity index is 1.49. The second kappa shape index (κ2) is 8.37. The number of nitrogens with zero attached hydrogens (tertiary/aromatic N) is 3. The molecule has 0 N–H and O–H groups in total. The highest BCUT2D eigenvalue weighted by atomic mass is 35.5. The van der Waals surface area contributed by atoms with E-state index in [2.05, 4.69) is 36.1 Å². The van der Waals surface area contributed by atoms with Crippen molar-refractivity contribution in [3.63, 3.8) is 0 Å². The Bertz CT molecular complexity index is 997. The van der Waals surface area contributed by atoms with Crippen molar-refractivity contribution in [1.29, 1.82) is 0 Å². The van der Waals surface area contributed by atoms with Crippen LogP contribution in [0.1, 0.15) is 60.3 Å². The summed E-state index contributed by atoms with van der Waals surface area (Å²) in [6, 6.07) is 15.4. The molecule has 0 radical (unpaired) electrons. The van der Waals surface area contributed by atoms with E-state index in [1.54, 1.807) is 12.1 Å². The fraction of sp³-hybridized carbons (Fsp3) is 0.348. The molecule has 1 aliphatic rings. The molecule has 0 aliphatic carbocycles. The van der Waals surface area contributed by atoms with E-state index in [1.165, 1.54) is 5.56 Å². The molecule has 4 rings (SSSR count). The van der Waals surface area contributed by atoms with E-state index in [0.29, 0.717) is 41.3 Å². The Morgan fingerprint density at radius 1 is 1.17 bits per heavy atom. The lowest BCUT2D eigenvalue weighted by Crippen LogP contribution is -2.39. The fourth-order valence-electron chi connectivity index (χ4n) is 3.70. The van der Waals surface area contributed by atoms with E-state index in [-0.39, 0.29) is 11.8 Å². The van der Waals surface area contributed by atoms with Gasteiger partial charge in [-0.25, -0.2) is 0 Å². The summed E-state index contributed by atoms with van der Waals surface area (Å²) >= 11 is 6.21. The highest BCUT2D eigenvalue weighted by Crippen LogP contribution is 2.29. The molecular weight excluding hydrogens is 386 g/mol. The van der Waals surface area contributed by atoms with Crippen LogP contribution >= 0.6 is 11.6 Å². The molecule has 5 nitrogen and oxygen atoms in total. The molecular formula is C23H24ClN3O2. The number of hydrogen-bond acceptors (Lipinski definition) is 4. The largest absolute Gasteiger partial charge is 0.339 e. The van der Waals surface area contributed by atoms with Crippen molar-refractivity contribution in [1.82, 2.24) is 15.0 Å². The lowest BCUT2D eigenvalue weighted by Gasteiger charge is -2.31. The maximum Gasteiger partial charge on any atom is 0.255 e. The van der Waals surface area contributed by atoms with Crippen LogP contribution in [0.4, 0.5) is 0 Å². The Morgan fingerprint density at radius 2 is 1.93 bits per heavy atom. The zero-order valence-electron chi connectivity index (χ0n) is 16.6. The lowest BCUT2D eigenvalue weighted by atomic mass is 9.97. The number of benzene rings is 2. The van der Waals surface area contributed by atoms with Crippen LogP contribution in [0.5, 0.6) is 0 Å². The molecule has 1 saturated heterocycles. The number of amides is 1. The minimum Gasteiger partial charge on any atom is -0.339 e. The quantitative estimate of drug-likeness (QED) is 0.568. The summed E-state index contributed by atoms with van der Waals surface area (Å²) in [6.07, 6.45) is 1.81. The first-order valence-electron chi connectivity index (χ1n) is 10.0. The second-order valence-corrected chi connectivity index (χ2v) is 8.21. The summed E-state index contributed by atoms with van der Waals surface area (Å²) in [5, 5.41) is 4.64. The van der Waals surface area contributed by atoms with Gasteiger partial charge in [0.05, 0.1) is 16.5 Å². The zero-order chi connectivity index (χ0) is 20.4. The van der Waals surface area contributed by atoms with Crippen LogP contribution in [-0.4, -0.2) is 34.0 Å². The van der Waals surface area contributed by atoms with Crippen molar-refractivity contribution in [3.8, 4) is 11.4 Å². The summed E-state index contributed by atoms with van der Waals surface area (Å²) in [5.41, 5.74) is 2.74. The van der Waals surface area contributed by atoms with Crippen molar-refractivity contribution < 1.29 is 9.32 Å². The molecule has 1 amide bonds. The van der Waals surface area contributed by atoms with Gasteiger partial charge in [0.2, 0.25) is 11.7 Å². The molecule has 1 fully saturated rings. The standard InChI is InChI=1S/C23H24ClN3O2/c1-15(2)16-9-11-17(12-10-16)21-25-22(29-26-21)18-6-5-13-27(14-18)23(28)19-7-3-4-8-20(19)24/h3-4,7-12,15,18H,5-6,13-14H2,1-2H3/t18-/m0/s1. The van der Waals surface area contributed by atoms with Gasteiger partial charge in [-0.15, -0.1) is 0 Å². The first-order valence-corrected chi connectivity index (χ1v) is 10.4. The van der Waals surface area contributed by atoms with Crippen LogP contribution in [0.15, 0.2) is 53.1 Å². The molecule has 1 atom stereocenters. The maximum absolute atomic E-state index is 12.9. The molecule has 2 heterocycles. The minimum absolute atomic E-state index is 0.0337. The Morgan fingerprint density at radius 3 is 2.66 bits per heavy atom. The van der Waals surface area contributed by atoms with Crippen LogP contribution in [0.3, 0.4) is 0 Å². The number of carbonyl (C=O) groups excluding carboxylic acids is 1. The lowest BCUT2D eigenvalue weighted by molar-refractivity contribution is 0.0696. The number of likely N-dealkylation sites (tertiary alicyclic amines) is 1. The Labute approximate surface area is 175 Å². The molecule has 0 bridgehead atoms. The maximum atomic E-state index is 12.9. The molecule has 1 aromatic heterocycles. The van der Waals surface area contributed by atoms with Gasteiger partial charge >= 0.3 is 0 Å². The SMILES string of the molecule is CC(C)c1ccc(-c2noc([C@H]3CCCN(C(=O)c4ccccc4Cl)C3)n2)cc1. The molecule has 150 valence electrons. The summed E-state index contributed by atoms with van der Waals surface area (Å²) in [7, 11) is 0. The molecule has 1 aliphatic heterocycles. The van der Waals surface area contributed by atoms with Crippen molar-refractivity contribution >= 4 is 17.5 Å². The van der Waals surface area contributed by atoms with Gasteiger partial charge in [-0.1, -0.05) is 67.0 Å². The van der Waals surface area contributed by atoms with E-state index in [0.717, 1.165) is 18.4 Å². The number of aromatic nitrogens is 2. The zero-order valence-corrected chi connectivity index (χ0v) is 17.4. The van der Waals surface area contributed by atoms with Gasteiger partial charge in [0.15, 0.2) is 0 Å². The normalized spacial score (nSPS) is 17.0. The van der Waals surface area contributed by atoms with Crippen molar-refractivity contribution in [2.24, 2.45) is 0 Å². The molecule has 29 heavy (non-hydrogen) atoms. The average molecular weight is 410 g/mol. The average Bonchev–Trinajstić information content (AvgIpc) is 3.24. The van der Waals surface area contributed by atoms with Crippen LogP contribution < -0.4 is 0 Å². The molecule has 0 unspecified atom stereocenters. The predicted octanol–water partition coefficient (Wildman–Crippen LogP) is 5.53. The monoisotopic (exact) mass is 409 g/mol. The van der Waals surface area contributed by atoms with E-state index in [1.807, 2.05) is 29.2 Å². The topological polar surface area (TPSA) is 59.2 Å². The number of halogens is 1. The van der Waals surface area contributed by atoms with Gasteiger partial charge in [-0.05, 0) is 36.5 Å². The van der Waals surface area contributed by atoms with Gasteiger partial charge in [0, 0.05) is 18.7 Å². The number of hydrogen-bond donors (Lipinski definition) is 0. The van der Waals surface area contributed by atoms with E-state index >= 15 is 0 Å². The Hall–Kier alpha value is -2.66. The third kappa shape index (κ3) is 4.20. The van der Waals surface area contributed by atoms with Crippen molar-refractivity contribution in [2.75, 3.05) is 13.1 Å². The fourth-order valence-corrected chi connectivity index (χ4v) is 3.92. The van der Waals surface area contributed by atoms with Gasteiger partial charge in [0.1, 0.15) is 0 Å². The first-order chi connectivity index (χ1) is 14.0. The highest BCUT2D eigenvalue weighted by Gasteiger charge is 2.29.